The number of aromatic nitrogens is 2. The van der Waals surface area contributed by atoms with Gasteiger partial charge in [-0.3, -0.25) is 9.58 Å². The zero-order chi connectivity index (χ0) is 11.5. The molecule has 1 atom stereocenters. The highest BCUT2D eigenvalue weighted by Crippen LogP contribution is 2.27. The van der Waals surface area contributed by atoms with Crippen molar-refractivity contribution in [1.82, 2.24) is 14.7 Å². The number of nitrogens with zero attached hydrogens (tertiary/aromatic N) is 3. The SMILES string of the molecule is C=CCN1Cc2c(cnn2C)[C@@H](COC)C1. The number of rotatable bonds is 4. The molecule has 0 radical (unpaired) electrons. The maximum Gasteiger partial charge on any atom is 0.0557 e. The van der Waals surface area contributed by atoms with Gasteiger partial charge < -0.3 is 4.74 Å². The van der Waals surface area contributed by atoms with Crippen LogP contribution in [0.5, 0.6) is 0 Å². The molecular weight excluding hydrogens is 202 g/mol. The van der Waals surface area contributed by atoms with Gasteiger partial charge in [0.05, 0.1) is 18.5 Å². The zero-order valence-electron chi connectivity index (χ0n) is 10.0. The fourth-order valence-electron chi connectivity index (χ4n) is 2.37. The molecule has 0 aromatic carbocycles. The van der Waals surface area contributed by atoms with Gasteiger partial charge in [0.25, 0.3) is 0 Å². The smallest absolute Gasteiger partial charge is 0.0557 e. The summed E-state index contributed by atoms with van der Waals surface area (Å²) in [4.78, 5) is 2.38. The highest BCUT2D eigenvalue weighted by Gasteiger charge is 2.27. The van der Waals surface area contributed by atoms with Gasteiger partial charge in [-0.25, -0.2) is 0 Å². The number of methoxy groups -OCH3 is 1. The van der Waals surface area contributed by atoms with Gasteiger partial charge in [0.2, 0.25) is 0 Å². The second-order valence-corrected chi connectivity index (χ2v) is 4.31. The van der Waals surface area contributed by atoms with Crippen molar-refractivity contribution in [2.75, 3.05) is 26.8 Å². The Morgan fingerprint density at radius 2 is 2.50 bits per heavy atom. The van der Waals surface area contributed by atoms with E-state index in [1.165, 1.54) is 11.3 Å². The van der Waals surface area contributed by atoms with E-state index >= 15 is 0 Å². The van der Waals surface area contributed by atoms with E-state index in [1.807, 2.05) is 24.0 Å². The van der Waals surface area contributed by atoms with Crippen LogP contribution in [-0.2, 0) is 18.3 Å². The van der Waals surface area contributed by atoms with Crippen molar-refractivity contribution >= 4 is 0 Å². The van der Waals surface area contributed by atoms with Crippen molar-refractivity contribution in [2.24, 2.45) is 7.05 Å². The fraction of sp³-hybridized carbons (Fsp3) is 0.583. The monoisotopic (exact) mass is 221 g/mol. The molecule has 0 unspecified atom stereocenters. The number of fused-ring (bicyclic) bond motifs is 1. The molecule has 1 aliphatic heterocycles. The summed E-state index contributed by atoms with van der Waals surface area (Å²) in [6.07, 6.45) is 3.93. The summed E-state index contributed by atoms with van der Waals surface area (Å²) in [5, 5.41) is 4.33. The van der Waals surface area contributed by atoms with Crippen LogP contribution in [0.3, 0.4) is 0 Å². The Balaban J connectivity index is 2.23. The standard InChI is InChI=1S/C12H19N3O/c1-4-5-15-7-10(9-16-3)11-6-13-14(2)12(11)8-15/h4,6,10H,1,5,7-9H2,2-3H3/t10-/m1/s1. The highest BCUT2D eigenvalue weighted by atomic mass is 16.5. The lowest BCUT2D eigenvalue weighted by Gasteiger charge is -2.31. The van der Waals surface area contributed by atoms with Crippen molar-refractivity contribution in [3.05, 3.63) is 30.1 Å². The quantitative estimate of drug-likeness (QED) is 0.715. The first-order valence-corrected chi connectivity index (χ1v) is 5.59. The second-order valence-electron chi connectivity index (χ2n) is 4.31. The van der Waals surface area contributed by atoms with Gasteiger partial charge in [0.1, 0.15) is 0 Å². The van der Waals surface area contributed by atoms with E-state index < -0.39 is 0 Å². The molecule has 0 amide bonds. The number of aryl methyl sites for hydroxylation is 1. The van der Waals surface area contributed by atoms with Crippen molar-refractivity contribution in [3.63, 3.8) is 0 Å². The Labute approximate surface area is 96.5 Å². The first kappa shape index (κ1) is 11.4. The van der Waals surface area contributed by atoms with E-state index in [9.17, 15) is 0 Å². The average molecular weight is 221 g/mol. The van der Waals surface area contributed by atoms with Gasteiger partial charge in [-0.2, -0.15) is 5.10 Å². The van der Waals surface area contributed by atoms with Crippen LogP contribution in [0.25, 0.3) is 0 Å². The first-order chi connectivity index (χ1) is 7.76. The Morgan fingerprint density at radius 1 is 1.69 bits per heavy atom. The van der Waals surface area contributed by atoms with Crippen molar-refractivity contribution in [2.45, 2.75) is 12.5 Å². The molecule has 2 rings (SSSR count). The van der Waals surface area contributed by atoms with Crippen LogP contribution >= 0.6 is 0 Å². The largest absolute Gasteiger partial charge is 0.384 e. The molecule has 4 heteroatoms. The molecular formula is C12H19N3O. The third-order valence-electron chi connectivity index (χ3n) is 3.14. The highest BCUT2D eigenvalue weighted by molar-refractivity contribution is 5.26. The lowest BCUT2D eigenvalue weighted by atomic mass is 9.95. The Hall–Kier alpha value is -1.13. The Bertz CT molecular complexity index is 372. The Kier molecular flexibility index (Phi) is 3.41. The summed E-state index contributed by atoms with van der Waals surface area (Å²) in [5.41, 5.74) is 2.64. The average Bonchev–Trinajstić information content (AvgIpc) is 2.62. The second kappa shape index (κ2) is 4.80. The maximum absolute atomic E-state index is 5.28. The summed E-state index contributed by atoms with van der Waals surface area (Å²) < 4.78 is 7.25. The van der Waals surface area contributed by atoms with Crippen LogP contribution in [0, 0.1) is 0 Å². The topological polar surface area (TPSA) is 30.3 Å². The van der Waals surface area contributed by atoms with Crippen LogP contribution < -0.4 is 0 Å². The molecule has 1 aliphatic rings. The van der Waals surface area contributed by atoms with Crippen LogP contribution in [0.4, 0.5) is 0 Å². The van der Waals surface area contributed by atoms with Gasteiger partial charge >= 0.3 is 0 Å². The minimum absolute atomic E-state index is 0.433. The van der Waals surface area contributed by atoms with Gasteiger partial charge in [-0.1, -0.05) is 6.08 Å². The number of hydrogen-bond donors (Lipinski definition) is 0. The predicted molar refractivity (Wildman–Crippen MR) is 63.3 cm³/mol. The molecule has 0 fully saturated rings. The molecule has 16 heavy (non-hydrogen) atoms. The third kappa shape index (κ3) is 2.03. The van der Waals surface area contributed by atoms with E-state index in [0.29, 0.717) is 5.92 Å². The van der Waals surface area contributed by atoms with Gasteiger partial charge in [0, 0.05) is 45.3 Å². The molecule has 88 valence electrons. The van der Waals surface area contributed by atoms with E-state index in [4.69, 9.17) is 4.74 Å². The third-order valence-corrected chi connectivity index (χ3v) is 3.14. The summed E-state index contributed by atoms with van der Waals surface area (Å²) in [5.74, 6) is 0.433. The van der Waals surface area contributed by atoms with Gasteiger partial charge in [0.15, 0.2) is 0 Å². The van der Waals surface area contributed by atoms with E-state index in [0.717, 1.165) is 26.2 Å². The van der Waals surface area contributed by atoms with E-state index in [2.05, 4.69) is 16.6 Å². The number of hydrogen-bond acceptors (Lipinski definition) is 3. The Morgan fingerprint density at radius 3 is 3.19 bits per heavy atom. The lowest BCUT2D eigenvalue weighted by Crippen LogP contribution is -2.35. The summed E-state index contributed by atoms with van der Waals surface area (Å²) >= 11 is 0. The molecule has 0 bridgehead atoms. The molecule has 0 aliphatic carbocycles. The van der Waals surface area contributed by atoms with E-state index in [-0.39, 0.29) is 0 Å². The minimum atomic E-state index is 0.433. The van der Waals surface area contributed by atoms with Crippen LogP contribution in [0.1, 0.15) is 17.2 Å². The first-order valence-electron chi connectivity index (χ1n) is 5.59. The lowest BCUT2D eigenvalue weighted by molar-refractivity contribution is 0.143. The molecule has 1 aromatic heterocycles. The van der Waals surface area contributed by atoms with Gasteiger partial charge in [-0.15, -0.1) is 6.58 Å². The van der Waals surface area contributed by atoms with Crippen LogP contribution in [0.2, 0.25) is 0 Å². The van der Waals surface area contributed by atoms with E-state index in [1.54, 1.807) is 7.11 Å². The van der Waals surface area contributed by atoms with Crippen molar-refractivity contribution in [3.8, 4) is 0 Å². The fourth-order valence-corrected chi connectivity index (χ4v) is 2.37. The summed E-state index contributed by atoms with van der Waals surface area (Å²) in [6, 6.07) is 0. The van der Waals surface area contributed by atoms with Crippen LogP contribution in [-0.4, -0.2) is 41.5 Å². The number of ether oxygens (including phenoxy) is 1. The molecule has 0 N–H and O–H groups in total. The molecule has 2 heterocycles. The molecule has 4 nitrogen and oxygen atoms in total. The maximum atomic E-state index is 5.28. The normalized spacial score (nSPS) is 20.8. The molecule has 1 aromatic rings. The van der Waals surface area contributed by atoms with Crippen molar-refractivity contribution < 1.29 is 4.74 Å². The minimum Gasteiger partial charge on any atom is -0.384 e. The van der Waals surface area contributed by atoms with Crippen molar-refractivity contribution in [1.29, 1.82) is 0 Å². The zero-order valence-corrected chi connectivity index (χ0v) is 10.0. The molecule has 0 saturated carbocycles. The summed E-state index contributed by atoms with van der Waals surface area (Å²) in [6.45, 7) is 7.46. The molecule has 0 spiro atoms. The molecule has 0 saturated heterocycles. The summed E-state index contributed by atoms with van der Waals surface area (Å²) in [7, 11) is 3.75. The van der Waals surface area contributed by atoms with Crippen LogP contribution in [0.15, 0.2) is 18.9 Å². The predicted octanol–water partition coefficient (Wildman–Crippen LogP) is 1.15. The van der Waals surface area contributed by atoms with Gasteiger partial charge in [-0.05, 0) is 0 Å².